The Bertz CT molecular complexity index is 649. The van der Waals surface area contributed by atoms with Crippen LogP contribution in [-0.2, 0) is 0 Å². The number of furan rings is 1. The number of hydrogen-bond donors (Lipinski definition) is 0. The summed E-state index contributed by atoms with van der Waals surface area (Å²) in [4.78, 5) is 21.9. The van der Waals surface area contributed by atoms with Crippen LogP contribution in [0, 0.1) is 10.1 Å². The number of nitrogens with zero attached hydrogens (tertiary/aromatic N) is 1. The number of rotatable bonds is 4. The zero-order chi connectivity index (χ0) is 14.0. The first kappa shape index (κ1) is 13.3. The summed E-state index contributed by atoms with van der Waals surface area (Å²) in [7, 11) is 1.51. The molecule has 0 N–H and O–H groups in total. The van der Waals surface area contributed by atoms with Gasteiger partial charge in [0, 0.05) is 10.0 Å². The van der Waals surface area contributed by atoms with Gasteiger partial charge in [-0.2, -0.15) is 0 Å². The molecule has 2 rings (SSSR count). The van der Waals surface area contributed by atoms with E-state index in [2.05, 4.69) is 15.9 Å². The minimum Gasteiger partial charge on any atom is -0.497 e. The molecule has 0 atom stereocenters. The van der Waals surface area contributed by atoms with Crippen LogP contribution in [0.3, 0.4) is 0 Å². The lowest BCUT2D eigenvalue weighted by Crippen LogP contribution is -2.01. The fourth-order valence-corrected chi connectivity index (χ4v) is 2.03. The summed E-state index contributed by atoms with van der Waals surface area (Å²) >= 11 is 3.25. The lowest BCUT2D eigenvalue weighted by atomic mass is 10.1. The topological polar surface area (TPSA) is 82.6 Å². The third-order valence-electron chi connectivity index (χ3n) is 2.42. The van der Waals surface area contributed by atoms with Gasteiger partial charge < -0.3 is 9.15 Å². The summed E-state index contributed by atoms with van der Waals surface area (Å²) in [5, 5.41) is 10.5. The molecule has 0 fully saturated rings. The summed E-state index contributed by atoms with van der Waals surface area (Å²) in [6.07, 6.45) is 0. The Labute approximate surface area is 116 Å². The van der Waals surface area contributed by atoms with Crippen molar-refractivity contribution >= 4 is 27.6 Å². The van der Waals surface area contributed by atoms with Gasteiger partial charge in [0.05, 0.1) is 13.2 Å². The number of nitro groups is 1. The maximum atomic E-state index is 12.1. The number of carbonyl (C=O) groups is 1. The first-order valence-corrected chi connectivity index (χ1v) is 5.94. The minimum atomic E-state index is -0.695. The van der Waals surface area contributed by atoms with Crippen molar-refractivity contribution in [1.29, 1.82) is 0 Å². The molecule has 1 aromatic carbocycles. The molecule has 0 saturated heterocycles. The van der Waals surface area contributed by atoms with Crippen LogP contribution in [0.5, 0.6) is 5.75 Å². The highest BCUT2D eigenvalue weighted by Crippen LogP contribution is 2.26. The van der Waals surface area contributed by atoms with Crippen LogP contribution in [0.2, 0.25) is 0 Å². The lowest BCUT2D eigenvalue weighted by molar-refractivity contribution is -0.402. The SMILES string of the molecule is COc1ccc(C(=O)c2ccc([N+](=O)[O-])o2)c(Br)c1. The van der Waals surface area contributed by atoms with E-state index in [0.29, 0.717) is 15.8 Å². The van der Waals surface area contributed by atoms with Crippen LogP contribution in [0.25, 0.3) is 0 Å². The van der Waals surface area contributed by atoms with Crippen LogP contribution in [0.4, 0.5) is 5.88 Å². The Morgan fingerprint density at radius 1 is 1.37 bits per heavy atom. The predicted molar refractivity (Wildman–Crippen MR) is 69.5 cm³/mol. The fraction of sp³-hybridized carbons (Fsp3) is 0.0833. The number of ether oxygens (including phenoxy) is 1. The Morgan fingerprint density at radius 2 is 2.11 bits per heavy atom. The number of methoxy groups -OCH3 is 1. The number of halogens is 1. The molecule has 0 radical (unpaired) electrons. The molecule has 19 heavy (non-hydrogen) atoms. The maximum absolute atomic E-state index is 12.1. The van der Waals surface area contributed by atoms with Gasteiger partial charge in [-0.25, -0.2) is 0 Å². The molecule has 0 saturated carbocycles. The lowest BCUT2D eigenvalue weighted by Gasteiger charge is -2.04. The molecule has 0 spiro atoms. The van der Waals surface area contributed by atoms with Crippen molar-refractivity contribution < 1.29 is 18.9 Å². The number of ketones is 1. The van der Waals surface area contributed by atoms with Gasteiger partial charge in [0.2, 0.25) is 5.78 Å². The van der Waals surface area contributed by atoms with Crippen molar-refractivity contribution in [3.8, 4) is 5.75 Å². The standard InChI is InChI=1S/C12H8BrNO5/c1-18-7-2-3-8(9(13)6-7)12(15)10-4-5-11(19-10)14(16)17/h2-6H,1H3. The molecule has 7 heteroatoms. The van der Waals surface area contributed by atoms with E-state index in [9.17, 15) is 14.9 Å². The summed E-state index contributed by atoms with van der Waals surface area (Å²) in [5.74, 6) is -0.401. The molecule has 6 nitrogen and oxygen atoms in total. The summed E-state index contributed by atoms with van der Waals surface area (Å²) < 4.78 is 10.4. The first-order chi connectivity index (χ1) is 9.02. The number of benzene rings is 1. The van der Waals surface area contributed by atoms with Gasteiger partial charge in [0.1, 0.15) is 10.7 Å². The third-order valence-corrected chi connectivity index (χ3v) is 3.07. The molecule has 0 bridgehead atoms. The number of carbonyl (C=O) groups excluding carboxylic acids is 1. The predicted octanol–water partition coefficient (Wildman–Crippen LogP) is 3.19. The van der Waals surface area contributed by atoms with E-state index in [1.54, 1.807) is 18.2 Å². The molecule has 0 amide bonds. The Balaban J connectivity index is 2.35. The summed E-state index contributed by atoms with van der Waals surface area (Å²) in [6, 6.07) is 7.22. The van der Waals surface area contributed by atoms with Gasteiger partial charge >= 0.3 is 5.88 Å². The molecule has 2 aromatic rings. The third kappa shape index (κ3) is 2.65. The zero-order valence-corrected chi connectivity index (χ0v) is 11.3. The maximum Gasteiger partial charge on any atom is 0.433 e. The minimum absolute atomic E-state index is 0.0856. The molecule has 1 heterocycles. The Hall–Kier alpha value is -2.15. The molecule has 98 valence electrons. The van der Waals surface area contributed by atoms with Crippen molar-refractivity contribution in [3.63, 3.8) is 0 Å². The molecular formula is C12H8BrNO5. The fourth-order valence-electron chi connectivity index (χ4n) is 1.49. The van der Waals surface area contributed by atoms with Crippen molar-refractivity contribution in [1.82, 2.24) is 0 Å². The molecular weight excluding hydrogens is 318 g/mol. The van der Waals surface area contributed by atoms with Crippen molar-refractivity contribution in [2.75, 3.05) is 7.11 Å². The first-order valence-electron chi connectivity index (χ1n) is 5.15. The molecule has 0 aliphatic heterocycles. The van der Waals surface area contributed by atoms with E-state index in [-0.39, 0.29) is 5.76 Å². The summed E-state index contributed by atoms with van der Waals surface area (Å²) in [6.45, 7) is 0. The normalized spacial score (nSPS) is 10.2. The van der Waals surface area contributed by atoms with Crippen LogP contribution < -0.4 is 4.74 Å². The molecule has 0 aliphatic carbocycles. The van der Waals surface area contributed by atoms with E-state index in [1.807, 2.05) is 0 Å². The van der Waals surface area contributed by atoms with E-state index >= 15 is 0 Å². The molecule has 0 aliphatic rings. The van der Waals surface area contributed by atoms with Crippen molar-refractivity contribution in [2.45, 2.75) is 0 Å². The smallest absolute Gasteiger partial charge is 0.433 e. The second kappa shape index (κ2) is 5.23. The number of hydrogen-bond acceptors (Lipinski definition) is 5. The second-order valence-electron chi connectivity index (χ2n) is 3.57. The van der Waals surface area contributed by atoms with Gasteiger partial charge in [-0.05, 0) is 40.2 Å². The van der Waals surface area contributed by atoms with Crippen LogP contribution in [0.1, 0.15) is 16.1 Å². The van der Waals surface area contributed by atoms with Crippen molar-refractivity contribution in [3.05, 3.63) is 56.2 Å². The van der Waals surface area contributed by atoms with Crippen LogP contribution in [-0.4, -0.2) is 17.8 Å². The second-order valence-corrected chi connectivity index (χ2v) is 4.42. The van der Waals surface area contributed by atoms with E-state index in [0.717, 1.165) is 6.07 Å². The zero-order valence-electron chi connectivity index (χ0n) is 9.75. The van der Waals surface area contributed by atoms with Gasteiger partial charge in [-0.3, -0.25) is 14.9 Å². The van der Waals surface area contributed by atoms with E-state index in [1.165, 1.54) is 13.2 Å². The van der Waals surface area contributed by atoms with Crippen molar-refractivity contribution in [2.24, 2.45) is 0 Å². The average Bonchev–Trinajstić information content (AvgIpc) is 2.87. The highest BCUT2D eigenvalue weighted by Gasteiger charge is 2.20. The Morgan fingerprint density at radius 3 is 2.63 bits per heavy atom. The van der Waals surface area contributed by atoms with Crippen LogP contribution in [0.15, 0.2) is 39.2 Å². The monoisotopic (exact) mass is 325 g/mol. The summed E-state index contributed by atoms with van der Waals surface area (Å²) in [5.41, 5.74) is 0.338. The van der Waals surface area contributed by atoms with E-state index in [4.69, 9.17) is 9.15 Å². The average molecular weight is 326 g/mol. The van der Waals surface area contributed by atoms with Gasteiger partial charge in [-0.1, -0.05) is 0 Å². The van der Waals surface area contributed by atoms with Gasteiger partial charge in [0.15, 0.2) is 5.76 Å². The molecule has 1 aromatic heterocycles. The van der Waals surface area contributed by atoms with Gasteiger partial charge in [-0.15, -0.1) is 0 Å². The Kier molecular flexibility index (Phi) is 3.66. The highest BCUT2D eigenvalue weighted by atomic mass is 79.9. The van der Waals surface area contributed by atoms with E-state index < -0.39 is 16.6 Å². The largest absolute Gasteiger partial charge is 0.497 e. The van der Waals surface area contributed by atoms with Gasteiger partial charge in [0.25, 0.3) is 0 Å². The molecule has 0 unspecified atom stereocenters. The highest BCUT2D eigenvalue weighted by molar-refractivity contribution is 9.10. The quantitative estimate of drug-likeness (QED) is 0.489. The van der Waals surface area contributed by atoms with Crippen LogP contribution >= 0.6 is 15.9 Å².